The Bertz CT molecular complexity index is 1340. The molecule has 1 aromatic heterocycles. The maximum Gasteiger partial charge on any atom is 0.413 e. The van der Waals surface area contributed by atoms with E-state index in [-0.39, 0.29) is 11.9 Å². The van der Waals surface area contributed by atoms with Crippen LogP contribution in [0, 0.1) is 0 Å². The molecule has 192 valence electrons. The summed E-state index contributed by atoms with van der Waals surface area (Å²) in [7, 11) is 0. The first kappa shape index (κ1) is 23.7. The van der Waals surface area contributed by atoms with Gasteiger partial charge < -0.3 is 19.9 Å². The molecule has 11 heteroatoms. The van der Waals surface area contributed by atoms with Crippen LogP contribution in [0.4, 0.5) is 15.4 Å². The van der Waals surface area contributed by atoms with Crippen LogP contribution in [-0.4, -0.2) is 64.7 Å². The highest BCUT2D eigenvalue weighted by atomic mass is 35.5. The number of nitrogens with one attached hydrogen (secondary N) is 2. The van der Waals surface area contributed by atoms with Crippen molar-refractivity contribution in [1.82, 2.24) is 20.1 Å². The minimum atomic E-state index is -0.822. The summed E-state index contributed by atoms with van der Waals surface area (Å²) in [4.78, 5) is 51.0. The topological polar surface area (TPSA) is 116 Å². The van der Waals surface area contributed by atoms with Crippen molar-refractivity contribution in [1.29, 1.82) is 0 Å². The monoisotopic (exact) mass is 522 g/mol. The number of likely N-dealkylation sites (N-methyl/N-ethyl adjacent to an activating group) is 1. The molecule has 1 aromatic carbocycles. The maximum absolute atomic E-state index is 13.4. The Morgan fingerprint density at radius 2 is 2.11 bits per heavy atom. The molecule has 0 aliphatic carbocycles. The fourth-order valence-electron chi connectivity index (χ4n) is 5.81. The summed E-state index contributed by atoms with van der Waals surface area (Å²) in [6.07, 6.45) is 4.16. The molecule has 4 aliphatic heterocycles. The van der Waals surface area contributed by atoms with Gasteiger partial charge >= 0.3 is 12.1 Å². The van der Waals surface area contributed by atoms with Gasteiger partial charge in [0.1, 0.15) is 17.5 Å². The fraction of sp³-hybridized carbons (Fsp3) is 0.423. The summed E-state index contributed by atoms with van der Waals surface area (Å²) >= 11 is 6.54. The quantitative estimate of drug-likeness (QED) is 0.628. The van der Waals surface area contributed by atoms with Gasteiger partial charge in [0.05, 0.1) is 6.54 Å². The van der Waals surface area contributed by atoms with Gasteiger partial charge in [-0.1, -0.05) is 11.6 Å². The molecule has 6 rings (SSSR count). The number of rotatable bonds is 2. The molecule has 0 radical (unpaired) electrons. The van der Waals surface area contributed by atoms with E-state index in [0.717, 1.165) is 27.8 Å². The SMILES string of the molecule is CCN1Cc2c(cc(Cl)c3c2C=NC3)C[C@@H](NC(=O)N2CCC3(CC2)OC(=O)Nc2ncccc23)C1=O. The Morgan fingerprint density at radius 1 is 1.30 bits per heavy atom. The van der Waals surface area contributed by atoms with Gasteiger partial charge in [-0.2, -0.15) is 0 Å². The van der Waals surface area contributed by atoms with Crippen molar-refractivity contribution in [2.24, 2.45) is 4.99 Å². The lowest BCUT2D eigenvalue weighted by molar-refractivity contribution is -0.133. The fourth-order valence-corrected chi connectivity index (χ4v) is 6.10. The van der Waals surface area contributed by atoms with E-state index < -0.39 is 17.7 Å². The Morgan fingerprint density at radius 3 is 2.89 bits per heavy atom. The molecule has 5 heterocycles. The number of amides is 4. The summed E-state index contributed by atoms with van der Waals surface area (Å²) in [5, 5.41) is 6.26. The number of fused-ring (bicyclic) bond motifs is 5. The van der Waals surface area contributed by atoms with Crippen LogP contribution in [0.1, 0.15) is 47.6 Å². The number of halogens is 1. The highest BCUT2D eigenvalue weighted by Crippen LogP contribution is 2.42. The zero-order valence-electron chi connectivity index (χ0n) is 20.4. The van der Waals surface area contributed by atoms with Crippen molar-refractivity contribution in [3.8, 4) is 0 Å². The van der Waals surface area contributed by atoms with Gasteiger partial charge in [-0.25, -0.2) is 14.6 Å². The van der Waals surface area contributed by atoms with Crippen LogP contribution < -0.4 is 10.6 Å². The normalized spacial score (nSPS) is 21.5. The summed E-state index contributed by atoms with van der Waals surface area (Å²) in [6.45, 7) is 4.21. The third-order valence-electron chi connectivity index (χ3n) is 7.82. The average molecular weight is 523 g/mol. The number of benzene rings is 1. The predicted octanol–water partition coefficient (Wildman–Crippen LogP) is 3.20. The second-order valence-corrected chi connectivity index (χ2v) is 10.2. The van der Waals surface area contributed by atoms with E-state index in [0.29, 0.717) is 62.8 Å². The number of anilines is 1. The molecular formula is C26H27ClN6O4. The molecule has 0 bridgehead atoms. The first-order chi connectivity index (χ1) is 17.9. The molecule has 37 heavy (non-hydrogen) atoms. The van der Waals surface area contributed by atoms with Crippen molar-refractivity contribution >= 4 is 41.7 Å². The largest absolute Gasteiger partial charge is 0.437 e. The zero-order valence-corrected chi connectivity index (χ0v) is 21.2. The molecule has 1 saturated heterocycles. The van der Waals surface area contributed by atoms with E-state index in [1.54, 1.807) is 16.0 Å². The minimum absolute atomic E-state index is 0.118. The maximum atomic E-state index is 13.4. The number of carbonyl (C=O) groups is 3. The summed E-state index contributed by atoms with van der Waals surface area (Å²) in [5.74, 6) is 0.377. The first-order valence-electron chi connectivity index (χ1n) is 12.5. The molecule has 0 saturated carbocycles. The van der Waals surface area contributed by atoms with Gasteiger partial charge in [-0.05, 0) is 36.2 Å². The van der Waals surface area contributed by atoms with Gasteiger partial charge in [0.25, 0.3) is 0 Å². The number of hydrogen-bond donors (Lipinski definition) is 2. The zero-order chi connectivity index (χ0) is 25.7. The van der Waals surface area contributed by atoms with E-state index >= 15 is 0 Å². The van der Waals surface area contributed by atoms with Crippen LogP contribution in [-0.2, 0) is 34.6 Å². The Labute approximate surface area is 219 Å². The number of nitrogens with zero attached hydrogens (tertiary/aromatic N) is 4. The van der Waals surface area contributed by atoms with E-state index in [9.17, 15) is 14.4 Å². The van der Waals surface area contributed by atoms with Gasteiger partial charge in [-0.3, -0.25) is 15.1 Å². The smallest absolute Gasteiger partial charge is 0.413 e. The van der Waals surface area contributed by atoms with Crippen LogP contribution in [0.5, 0.6) is 0 Å². The highest BCUT2D eigenvalue weighted by Gasteiger charge is 2.46. The second-order valence-electron chi connectivity index (χ2n) is 9.81. The summed E-state index contributed by atoms with van der Waals surface area (Å²) < 4.78 is 5.74. The highest BCUT2D eigenvalue weighted by molar-refractivity contribution is 6.32. The van der Waals surface area contributed by atoms with E-state index in [1.807, 2.05) is 31.3 Å². The van der Waals surface area contributed by atoms with Crippen LogP contribution in [0.15, 0.2) is 29.4 Å². The summed E-state index contributed by atoms with van der Waals surface area (Å²) in [5.41, 5.74) is 3.98. The van der Waals surface area contributed by atoms with Crippen LogP contribution >= 0.6 is 11.6 Å². The van der Waals surface area contributed by atoms with Crippen molar-refractivity contribution in [2.75, 3.05) is 25.0 Å². The Balaban J connectivity index is 1.20. The summed E-state index contributed by atoms with van der Waals surface area (Å²) in [6, 6.07) is 4.60. The molecule has 1 atom stereocenters. The van der Waals surface area contributed by atoms with Gasteiger partial charge in [-0.15, -0.1) is 0 Å². The van der Waals surface area contributed by atoms with Crippen molar-refractivity contribution in [3.05, 3.63) is 57.2 Å². The molecule has 0 unspecified atom stereocenters. The third kappa shape index (κ3) is 3.99. The predicted molar refractivity (Wildman–Crippen MR) is 137 cm³/mol. The number of urea groups is 1. The number of aromatic nitrogens is 1. The number of aliphatic imine (C=N–C) groups is 1. The number of ether oxygens (including phenoxy) is 1. The van der Waals surface area contributed by atoms with E-state index in [2.05, 4.69) is 20.6 Å². The number of hydrogen-bond acceptors (Lipinski definition) is 6. The van der Waals surface area contributed by atoms with Crippen LogP contribution in [0.25, 0.3) is 0 Å². The first-order valence-corrected chi connectivity index (χ1v) is 12.9. The Kier molecular flexibility index (Phi) is 5.78. The molecule has 10 nitrogen and oxygen atoms in total. The second kappa shape index (κ2) is 9.02. The van der Waals surface area contributed by atoms with Gasteiger partial charge in [0.2, 0.25) is 5.91 Å². The van der Waals surface area contributed by atoms with Gasteiger partial charge in [0, 0.05) is 79.6 Å². The lowest BCUT2D eigenvalue weighted by atomic mass is 9.83. The van der Waals surface area contributed by atoms with Crippen molar-refractivity contribution < 1.29 is 19.1 Å². The van der Waals surface area contributed by atoms with E-state index in [4.69, 9.17) is 16.3 Å². The molecule has 2 aromatic rings. The molecule has 2 N–H and O–H groups in total. The van der Waals surface area contributed by atoms with Crippen LogP contribution in [0.2, 0.25) is 5.02 Å². The third-order valence-corrected chi connectivity index (χ3v) is 8.16. The molecular weight excluding hydrogens is 496 g/mol. The molecule has 4 aliphatic rings. The number of piperidine rings is 1. The molecule has 1 spiro atoms. The lowest BCUT2D eigenvalue weighted by Gasteiger charge is -2.43. The van der Waals surface area contributed by atoms with E-state index in [1.165, 1.54) is 0 Å². The number of pyridine rings is 1. The molecule has 1 fully saturated rings. The minimum Gasteiger partial charge on any atom is -0.437 e. The standard InChI is InChI=1S/C26H27ClN6O4/c1-2-32-14-18-15(10-20(27)17-13-28-12-16(17)18)11-21(23(32)34)30-24(35)33-8-5-26(6-9-33)19-4-3-7-29-22(19)31-25(36)37-26/h3-4,7,10,12,21H,2,5-6,8-9,11,13-14H2,1H3,(H,30,35)(H,29,31,36)/t21-/m1/s1. The van der Waals surface area contributed by atoms with Crippen LogP contribution in [0.3, 0.4) is 0 Å². The number of likely N-dealkylation sites (tertiary alicyclic amines) is 1. The van der Waals surface area contributed by atoms with Gasteiger partial charge in [0.15, 0.2) is 0 Å². The number of carbonyl (C=O) groups excluding carboxylic acids is 3. The van der Waals surface area contributed by atoms with Crippen molar-refractivity contribution in [3.63, 3.8) is 0 Å². The average Bonchev–Trinajstić information content (AvgIpc) is 3.34. The van der Waals surface area contributed by atoms with Crippen molar-refractivity contribution in [2.45, 2.75) is 50.9 Å². The lowest BCUT2D eigenvalue weighted by Crippen LogP contribution is -2.56. The Hall–Kier alpha value is -3.66. The molecule has 4 amide bonds.